The molecule has 1 aliphatic rings. The van der Waals surface area contributed by atoms with Crippen molar-refractivity contribution >= 4 is 0 Å². The van der Waals surface area contributed by atoms with E-state index < -0.39 is 22.1 Å². The van der Waals surface area contributed by atoms with Gasteiger partial charge in [-0.3, -0.25) is 5.32 Å². The van der Waals surface area contributed by atoms with Gasteiger partial charge in [-0.15, -0.1) is 0 Å². The second-order valence-corrected chi connectivity index (χ2v) is 5.84. The fraction of sp³-hybridized carbons (Fsp3) is 0.538. The first-order chi connectivity index (χ1) is 7.68. The topological polar surface area (TPSA) is 55.3 Å². The Labute approximate surface area is 102 Å². The van der Waals surface area contributed by atoms with Crippen molar-refractivity contribution in [2.24, 2.45) is 0 Å². The molecule has 17 heavy (non-hydrogen) atoms. The second-order valence-electron chi connectivity index (χ2n) is 5.84. The molecule has 1 heterocycles. The van der Waals surface area contributed by atoms with Gasteiger partial charge in [-0.05, 0) is 13.8 Å². The van der Waals surface area contributed by atoms with E-state index in [4.69, 9.17) is 0 Å². The normalized spacial score (nSPS) is 34.8. The lowest BCUT2D eigenvalue weighted by molar-refractivity contribution is -1.11. The van der Waals surface area contributed by atoms with Crippen LogP contribution in [-0.2, 0) is 0 Å². The van der Waals surface area contributed by atoms with Crippen molar-refractivity contribution in [1.29, 1.82) is 0 Å². The number of nitrogens with one attached hydrogen (secondary N) is 1. The van der Waals surface area contributed by atoms with E-state index in [2.05, 4.69) is 5.32 Å². The molecule has 0 aliphatic carbocycles. The largest absolute Gasteiger partial charge is 0.597 e. The minimum Gasteiger partial charge on any atom is -0.597 e. The Morgan fingerprint density at radius 3 is 2.12 bits per heavy atom. The predicted molar refractivity (Wildman–Crippen MR) is 65.9 cm³/mol. The van der Waals surface area contributed by atoms with E-state index in [1.165, 1.54) is 0 Å². The average molecular weight is 236 g/mol. The molecular weight excluding hydrogens is 216 g/mol. The summed E-state index contributed by atoms with van der Waals surface area (Å²) in [5.41, 5.74) is -0.515. The van der Waals surface area contributed by atoms with Gasteiger partial charge in [0.05, 0.1) is 5.54 Å². The summed E-state index contributed by atoms with van der Waals surface area (Å²) in [5, 5.41) is 26.0. The Balaban J connectivity index is 2.52. The molecule has 0 radical (unpaired) electrons. The van der Waals surface area contributed by atoms with E-state index in [1.807, 2.05) is 44.2 Å². The lowest BCUT2D eigenvalue weighted by Gasteiger charge is -2.44. The zero-order chi connectivity index (χ0) is 12.9. The molecule has 2 atom stereocenters. The first-order valence-electron chi connectivity index (χ1n) is 5.85. The summed E-state index contributed by atoms with van der Waals surface area (Å²) in [7, 11) is 0. The molecule has 0 bridgehead atoms. The summed E-state index contributed by atoms with van der Waals surface area (Å²) in [6.45, 7) is 7.34. The van der Waals surface area contributed by atoms with Crippen LogP contribution < -0.4 is 5.32 Å². The molecule has 94 valence electrons. The number of nitrogens with zero attached hydrogens (tertiary/aromatic N) is 1. The smallest absolute Gasteiger partial charge is 0.178 e. The van der Waals surface area contributed by atoms with Crippen LogP contribution in [0.2, 0.25) is 0 Å². The van der Waals surface area contributed by atoms with E-state index in [9.17, 15) is 10.4 Å². The summed E-state index contributed by atoms with van der Waals surface area (Å²) in [6.07, 6.45) is 0. The van der Waals surface area contributed by atoms with Gasteiger partial charge in [0.2, 0.25) is 0 Å². The van der Waals surface area contributed by atoms with E-state index in [0.717, 1.165) is 5.56 Å². The lowest BCUT2D eigenvalue weighted by Crippen LogP contribution is -2.56. The van der Waals surface area contributed by atoms with Crippen molar-refractivity contribution in [3.8, 4) is 0 Å². The zero-order valence-corrected chi connectivity index (χ0v) is 10.8. The Bertz CT molecular complexity index is 413. The van der Waals surface area contributed by atoms with Gasteiger partial charge in [-0.2, -0.15) is 4.81 Å². The highest BCUT2D eigenvalue weighted by molar-refractivity contribution is 5.22. The van der Waals surface area contributed by atoms with Gasteiger partial charge in [0.15, 0.2) is 11.7 Å². The van der Waals surface area contributed by atoms with Crippen LogP contribution in [0.15, 0.2) is 30.3 Å². The van der Waals surface area contributed by atoms with E-state index in [0.29, 0.717) is 0 Å². The zero-order valence-electron chi connectivity index (χ0n) is 10.8. The molecule has 0 amide bonds. The highest BCUT2D eigenvalue weighted by atomic mass is 16.9. The second kappa shape index (κ2) is 3.53. The van der Waals surface area contributed by atoms with Crippen molar-refractivity contribution in [3.63, 3.8) is 0 Å². The predicted octanol–water partition coefficient (Wildman–Crippen LogP) is 2.55. The number of rotatable bonds is 1. The molecular formula is C13H20N2O2. The Morgan fingerprint density at radius 1 is 1.18 bits per heavy atom. The molecule has 4 heteroatoms. The van der Waals surface area contributed by atoms with Crippen LogP contribution >= 0.6 is 0 Å². The molecule has 2 rings (SSSR count). The Hall–Kier alpha value is -0.940. The number of quaternary nitrogens is 1. The van der Waals surface area contributed by atoms with Crippen LogP contribution in [0.4, 0.5) is 0 Å². The maximum atomic E-state index is 12.5. The van der Waals surface area contributed by atoms with Crippen molar-refractivity contribution in [2.75, 3.05) is 0 Å². The fourth-order valence-corrected chi connectivity index (χ4v) is 2.95. The van der Waals surface area contributed by atoms with Crippen LogP contribution in [0.1, 0.15) is 39.3 Å². The highest BCUT2D eigenvalue weighted by Gasteiger charge is 2.60. The third kappa shape index (κ3) is 1.77. The highest BCUT2D eigenvalue weighted by Crippen LogP contribution is 2.46. The van der Waals surface area contributed by atoms with Gasteiger partial charge < -0.3 is 5.21 Å². The summed E-state index contributed by atoms with van der Waals surface area (Å²) in [6, 6.07) is 8.92. The van der Waals surface area contributed by atoms with Crippen LogP contribution in [-0.4, -0.2) is 21.2 Å². The molecule has 1 aromatic rings. The van der Waals surface area contributed by atoms with Gasteiger partial charge >= 0.3 is 0 Å². The molecule has 1 saturated heterocycles. The minimum absolute atomic E-state index is 0.457. The SMILES string of the molecule is CC1(C)NC(C)(C)[N+]([O-])(O)[C@H]1c1ccccc1. The lowest BCUT2D eigenvalue weighted by atomic mass is 9.90. The van der Waals surface area contributed by atoms with Gasteiger partial charge in [0.1, 0.15) is 0 Å². The third-order valence-corrected chi connectivity index (χ3v) is 3.58. The minimum atomic E-state index is -1.29. The first-order valence-corrected chi connectivity index (χ1v) is 5.85. The molecule has 0 saturated carbocycles. The average Bonchev–Trinajstić information content (AvgIpc) is 2.28. The molecule has 1 unspecified atom stereocenters. The van der Waals surface area contributed by atoms with Gasteiger partial charge in [-0.25, -0.2) is 5.21 Å². The summed E-state index contributed by atoms with van der Waals surface area (Å²) < 4.78 is 0. The number of benzene rings is 1. The third-order valence-electron chi connectivity index (χ3n) is 3.58. The number of hydroxylamine groups is 4. The van der Waals surface area contributed by atoms with Crippen molar-refractivity contribution in [2.45, 2.75) is 44.9 Å². The molecule has 4 nitrogen and oxygen atoms in total. The monoisotopic (exact) mass is 236 g/mol. The molecule has 0 aromatic heterocycles. The first kappa shape index (κ1) is 12.5. The fourth-order valence-electron chi connectivity index (χ4n) is 2.95. The summed E-state index contributed by atoms with van der Waals surface area (Å²) >= 11 is 0. The Kier molecular flexibility index (Phi) is 2.60. The van der Waals surface area contributed by atoms with E-state index >= 15 is 0 Å². The van der Waals surface area contributed by atoms with Crippen LogP contribution in [0.5, 0.6) is 0 Å². The van der Waals surface area contributed by atoms with Crippen molar-refractivity contribution in [1.82, 2.24) is 5.32 Å². The van der Waals surface area contributed by atoms with Gasteiger partial charge in [0.25, 0.3) is 0 Å². The molecule has 2 N–H and O–H groups in total. The van der Waals surface area contributed by atoms with Gasteiger partial charge in [-0.1, -0.05) is 30.3 Å². The number of hydrogen-bond donors (Lipinski definition) is 2. The van der Waals surface area contributed by atoms with Crippen LogP contribution in [0.3, 0.4) is 0 Å². The van der Waals surface area contributed by atoms with Gasteiger partial charge in [0, 0.05) is 19.4 Å². The van der Waals surface area contributed by atoms with Crippen molar-refractivity contribution < 1.29 is 10.0 Å². The van der Waals surface area contributed by atoms with Crippen LogP contribution in [0.25, 0.3) is 0 Å². The van der Waals surface area contributed by atoms with Crippen LogP contribution in [0, 0.1) is 5.21 Å². The maximum absolute atomic E-state index is 12.5. The molecule has 1 aromatic carbocycles. The standard InChI is InChI=1S/C13H20N2O2/c1-12(2)11(10-8-6-5-7-9-10)15(16,17)13(3,4)14-12/h5-9,11,14,16H,1-4H3/t11-/m0/s1. The molecule has 1 aliphatic heterocycles. The van der Waals surface area contributed by atoms with Crippen molar-refractivity contribution in [3.05, 3.63) is 41.1 Å². The summed E-state index contributed by atoms with van der Waals surface area (Å²) in [5.74, 6) is 0. The molecule has 1 fully saturated rings. The quantitative estimate of drug-likeness (QED) is 0.582. The summed E-state index contributed by atoms with van der Waals surface area (Å²) in [4.78, 5) is -1.29. The van der Waals surface area contributed by atoms with E-state index in [1.54, 1.807) is 13.8 Å². The Morgan fingerprint density at radius 2 is 1.71 bits per heavy atom. The molecule has 0 spiro atoms. The maximum Gasteiger partial charge on any atom is 0.178 e. The number of hydrogen-bond acceptors (Lipinski definition) is 3. The van der Waals surface area contributed by atoms with E-state index in [-0.39, 0.29) is 0 Å².